The number of hydrogen-bond acceptors (Lipinski definition) is 2. The molecule has 1 N–H and O–H groups in total. The van der Waals surface area contributed by atoms with Crippen LogP contribution < -0.4 is 5.32 Å². The van der Waals surface area contributed by atoms with Gasteiger partial charge in [-0.05, 0) is 63.2 Å². The summed E-state index contributed by atoms with van der Waals surface area (Å²) in [6, 6.07) is 11.0. The van der Waals surface area contributed by atoms with Gasteiger partial charge in [0.05, 0.1) is 0 Å². The number of hydrogen-bond donors (Lipinski definition) is 1. The molecule has 2 fully saturated rings. The number of halogens is 1. The van der Waals surface area contributed by atoms with Crippen LogP contribution >= 0.6 is 15.9 Å². The topological polar surface area (TPSA) is 15.3 Å². The molecular weight excluding hydrogens is 324 g/mol. The van der Waals surface area contributed by atoms with Gasteiger partial charge in [0.15, 0.2) is 0 Å². The summed E-state index contributed by atoms with van der Waals surface area (Å²) in [7, 11) is 2.33. The second-order valence-corrected chi connectivity index (χ2v) is 7.60. The Kier molecular flexibility index (Phi) is 5.03. The van der Waals surface area contributed by atoms with Crippen molar-refractivity contribution >= 4 is 15.9 Å². The maximum absolute atomic E-state index is 3.77. The molecular formula is C18H27BrN2. The van der Waals surface area contributed by atoms with Gasteiger partial charge >= 0.3 is 0 Å². The average molecular weight is 351 g/mol. The molecule has 2 aliphatic rings. The molecule has 21 heavy (non-hydrogen) atoms. The van der Waals surface area contributed by atoms with Crippen molar-refractivity contribution in [1.82, 2.24) is 10.2 Å². The van der Waals surface area contributed by atoms with Crippen molar-refractivity contribution in [2.75, 3.05) is 13.6 Å². The molecule has 3 rings (SSSR count). The molecule has 0 radical (unpaired) electrons. The minimum absolute atomic E-state index is 0.616. The third-order valence-corrected chi connectivity index (χ3v) is 6.34. The second-order valence-electron chi connectivity index (χ2n) is 6.74. The van der Waals surface area contributed by atoms with E-state index < -0.39 is 0 Å². The van der Waals surface area contributed by atoms with Crippen LogP contribution in [0.25, 0.3) is 0 Å². The molecule has 2 saturated heterocycles. The van der Waals surface area contributed by atoms with Gasteiger partial charge in [0.1, 0.15) is 0 Å². The highest BCUT2D eigenvalue weighted by atomic mass is 79.9. The zero-order chi connectivity index (χ0) is 14.8. The van der Waals surface area contributed by atoms with Gasteiger partial charge in [0, 0.05) is 22.6 Å². The summed E-state index contributed by atoms with van der Waals surface area (Å²) in [5.41, 5.74) is 1.44. The summed E-state index contributed by atoms with van der Waals surface area (Å²) in [4.78, 5) is 2.64. The molecule has 2 heterocycles. The molecule has 1 aromatic carbocycles. The largest absolute Gasteiger partial charge is 0.314 e. The smallest absolute Gasteiger partial charge is 0.0207 e. The van der Waals surface area contributed by atoms with Gasteiger partial charge < -0.3 is 10.2 Å². The number of benzene rings is 1. The molecule has 2 aliphatic heterocycles. The lowest BCUT2D eigenvalue weighted by atomic mass is 9.82. The summed E-state index contributed by atoms with van der Waals surface area (Å²) >= 11 is 3.71. The van der Waals surface area contributed by atoms with Gasteiger partial charge in [-0.1, -0.05) is 41.1 Å². The molecule has 2 bridgehead atoms. The highest BCUT2D eigenvalue weighted by Crippen LogP contribution is 2.39. The van der Waals surface area contributed by atoms with E-state index >= 15 is 0 Å². The Bertz CT molecular complexity index is 462. The SMILES string of the molecule is CCNC(Cc1ccccc1Br)C1CC2CCC(C1)N2C. The van der Waals surface area contributed by atoms with Crippen LogP contribution in [0.5, 0.6) is 0 Å². The van der Waals surface area contributed by atoms with Gasteiger partial charge in [0.2, 0.25) is 0 Å². The minimum atomic E-state index is 0.616. The Balaban J connectivity index is 1.72. The Labute approximate surface area is 137 Å². The minimum Gasteiger partial charge on any atom is -0.314 e. The van der Waals surface area contributed by atoms with Crippen LogP contribution in [0.15, 0.2) is 28.7 Å². The molecule has 0 aromatic heterocycles. The van der Waals surface area contributed by atoms with Crippen molar-refractivity contribution < 1.29 is 0 Å². The molecule has 1 aromatic rings. The summed E-state index contributed by atoms with van der Waals surface area (Å²) < 4.78 is 1.25. The molecule has 0 spiro atoms. The first-order valence-electron chi connectivity index (χ1n) is 8.37. The molecule has 3 atom stereocenters. The van der Waals surface area contributed by atoms with Gasteiger partial charge in [-0.15, -0.1) is 0 Å². The van der Waals surface area contributed by atoms with E-state index in [0.717, 1.165) is 31.0 Å². The maximum Gasteiger partial charge on any atom is 0.0207 e. The Morgan fingerprint density at radius 3 is 2.52 bits per heavy atom. The Morgan fingerprint density at radius 1 is 1.24 bits per heavy atom. The molecule has 0 saturated carbocycles. The predicted molar refractivity (Wildman–Crippen MR) is 92.6 cm³/mol. The highest BCUT2D eigenvalue weighted by Gasteiger charge is 2.40. The fourth-order valence-corrected chi connectivity index (χ4v) is 4.80. The third kappa shape index (κ3) is 3.35. The van der Waals surface area contributed by atoms with Crippen LogP contribution in [-0.4, -0.2) is 36.6 Å². The number of likely N-dealkylation sites (N-methyl/N-ethyl adjacent to an activating group) is 1. The van der Waals surface area contributed by atoms with Crippen LogP contribution in [0.3, 0.4) is 0 Å². The monoisotopic (exact) mass is 350 g/mol. The zero-order valence-electron chi connectivity index (χ0n) is 13.2. The predicted octanol–water partition coefficient (Wildman–Crippen LogP) is 3.84. The summed E-state index contributed by atoms with van der Waals surface area (Å²) in [5, 5.41) is 3.77. The van der Waals surface area contributed by atoms with Crippen LogP contribution in [0.2, 0.25) is 0 Å². The van der Waals surface area contributed by atoms with Crippen LogP contribution in [0, 0.1) is 5.92 Å². The highest BCUT2D eigenvalue weighted by molar-refractivity contribution is 9.10. The Morgan fingerprint density at radius 2 is 1.90 bits per heavy atom. The van der Waals surface area contributed by atoms with Crippen molar-refractivity contribution in [1.29, 1.82) is 0 Å². The molecule has 0 amide bonds. The normalized spacial score (nSPS) is 30.5. The van der Waals surface area contributed by atoms with Crippen molar-refractivity contribution in [3.8, 4) is 0 Å². The quantitative estimate of drug-likeness (QED) is 0.867. The van der Waals surface area contributed by atoms with Crippen molar-refractivity contribution in [2.45, 2.75) is 57.2 Å². The summed E-state index contributed by atoms with van der Waals surface area (Å²) in [6.45, 7) is 3.30. The van der Waals surface area contributed by atoms with Crippen molar-refractivity contribution in [3.63, 3.8) is 0 Å². The van der Waals surface area contributed by atoms with E-state index in [1.807, 2.05) is 0 Å². The van der Waals surface area contributed by atoms with E-state index in [9.17, 15) is 0 Å². The summed E-state index contributed by atoms with van der Waals surface area (Å²) in [5.74, 6) is 0.825. The molecule has 0 aliphatic carbocycles. The second kappa shape index (κ2) is 6.80. The zero-order valence-corrected chi connectivity index (χ0v) is 14.8. The van der Waals surface area contributed by atoms with E-state index in [1.54, 1.807) is 0 Å². The lowest BCUT2D eigenvalue weighted by Gasteiger charge is -2.40. The lowest BCUT2D eigenvalue weighted by molar-refractivity contribution is 0.112. The van der Waals surface area contributed by atoms with Gasteiger partial charge in [-0.25, -0.2) is 0 Å². The first-order valence-corrected chi connectivity index (χ1v) is 9.17. The van der Waals surface area contributed by atoms with E-state index in [0.29, 0.717) is 6.04 Å². The third-order valence-electron chi connectivity index (χ3n) is 5.57. The van der Waals surface area contributed by atoms with E-state index in [1.165, 1.54) is 35.7 Å². The fraction of sp³-hybridized carbons (Fsp3) is 0.667. The summed E-state index contributed by atoms with van der Waals surface area (Å²) in [6.07, 6.45) is 6.70. The van der Waals surface area contributed by atoms with Crippen molar-refractivity contribution in [3.05, 3.63) is 34.3 Å². The molecule has 3 heteroatoms. The fourth-order valence-electron chi connectivity index (χ4n) is 4.35. The molecule has 3 unspecified atom stereocenters. The van der Waals surface area contributed by atoms with Gasteiger partial charge in [-0.2, -0.15) is 0 Å². The number of nitrogens with one attached hydrogen (secondary N) is 1. The number of rotatable bonds is 5. The van der Waals surface area contributed by atoms with Crippen LogP contribution in [0.4, 0.5) is 0 Å². The average Bonchev–Trinajstić information content (AvgIpc) is 2.71. The van der Waals surface area contributed by atoms with E-state index in [-0.39, 0.29) is 0 Å². The number of fused-ring (bicyclic) bond motifs is 2. The van der Waals surface area contributed by atoms with Gasteiger partial charge in [-0.3, -0.25) is 0 Å². The first-order chi connectivity index (χ1) is 10.2. The van der Waals surface area contributed by atoms with Crippen molar-refractivity contribution in [2.24, 2.45) is 5.92 Å². The van der Waals surface area contributed by atoms with E-state index in [2.05, 4.69) is 64.4 Å². The van der Waals surface area contributed by atoms with Crippen LogP contribution in [-0.2, 0) is 6.42 Å². The number of nitrogens with zero attached hydrogens (tertiary/aromatic N) is 1. The lowest BCUT2D eigenvalue weighted by Crippen LogP contribution is -2.47. The van der Waals surface area contributed by atoms with Crippen LogP contribution in [0.1, 0.15) is 38.2 Å². The molecule has 2 nitrogen and oxygen atoms in total. The van der Waals surface area contributed by atoms with Gasteiger partial charge in [0.25, 0.3) is 0 Å². The Hall–Kier alpha value is -0.380. The molecule has 116 valence electrons. The van der Waals surface area contributed by atoms with E-state index in [4.69, 9.17) is 0 Å². The maximum atomic E-state index is 3.77. The standard InChI is InChI=1S/C18H27BrN2/c1-3-20-18(12-13-6-4-5-7-17(13)19)14-10-15-8-9-16(11-14)21(15)2/h4-7,14-16,18,20H,3,8-12H2,1-2H3. The number of piperidine rings is 1. The first kappa shape index (κ1) is 15.5.